The normalized spacial score (nSPS) is 10.3. The summed E-state index contributed by atoms with van der Waals surface area (Å²) in [5.74, 6) is -0.913. The minimum Gasteiger partial charge on any atom is -0.478 e. The standard InChI is InChI=1S/C14H13NO2S/c15-12-5-4-10(8-13(12)18)6-9-2-1-3-11(7-9)14(16)17/h1-5,7-8,18H,6,15H2,(H,16,17). The first-order valence-electron chi connectivity index (χ1n) is 5.46. The highest BCUT2D eigenvalue weighted by molar-refractivity contribution is 7.80. The number of aromatic carboxylic acids is 1. The van der Waals surface area contributed by atoms with Crippen LogP contribution in [-0.2, 0) is 6.42 Å². The quantitative estimate of drug-likeness (QED) is 0.586. The molecule has 18 heavy (non-hydrogen) atoms. The van der Waals surface area contributed by atoms with Crippen molar-refractivity contribution < 1.29 is 9.90 Å². The van der Waals surface area contributed by atoms with Gasteiger partial charge >= 0.3 is 5.97 Å². The lowest BCUT2D eigenvalue weighted by atomic mass is 10.0. The van der Waals surface area contributed by atoms with Gasteiger partial charge in [0.25, 0.3) is 0 Å². The molecule has 0 atom stereocenters. The summed E-state index contributed by atoms with van der Waals surface area (Å²) in [4.78, 5) is 11.6. The molecule has 0 saturated carbocycles. The Labute approximate surface area is 111 Å². The number of rotatable bonds is 3. The maximum absolute atomic E-state index is 10.9. The highest BCUT2D eigenvalue weighted by atomic mass is 32.1. The molecule has 92 valence electrons. The number of carboxylic acid groups (broad SMARTS) is 1. The summed E-state index contributed by atoms with van der Waals surface area (Å²) in [5.41, 5.74) is 8.64. The Hall–Kier alpha value is -1.94. The largest absolute Gasteiger partial charge is 0.478 e. The van der Waals surface area contributed by atoms with E-state index in [0.717, 1.165) is 16.0 Å². The maximum atomic E-state index is 10.9. The zero-order valence-electron chi connectivity index (χ0n) is 9.63. The zero-order valence-corrected chi connectivity index (χ0v) is 10.5. The Balaban J connectivity index is 2.25. The lowest BCUT2D eigenvalue weighted by Crippen LogP contribution is -1.98. The molecule has 2 aromatic carbocycles. The molecular formula is C14H13NO2S. The van der Waals surface area contributed by atoms with Crippen molar-refractivity contribution in [1.82, 2.24) is 0 Å². The first-order chi connectivity index (χ1) is 8.56. The van der Waals surface area contributed by atoms with E-state index in [2.05, 4.69) is 12.6 Å². The molecule has 0 aliphatic rings. The Kier molecular flexibility index (Phi) is 3.58. The molecule has 0 aromatic heterocycles. The van der Waals surface area contributed by atoms with Gasteiger partial charge in [0.1, 0.15) is 0 Å². The van der Waals surface area contributed by atoms with Gasteiger partial charge in [-0.25, -0.2) is 4.79 Å². The van der Waals surface area contributed by atoms with Crippen molar-refractivity contribution in [2.24, 2.45) is 0 Å². The molecule has 2 aromatic rings. The smallest absolute Gasteiger partial charge is 0.335 e. The molecule has 0 saturated heterocycles. The van der Waals surface area contributed by atoms with Gasteiger partial charge in [-0.05, 0) is 41.8 Å². The molecule has 4 heteroatoms. The van der Waals surface area contributed by atoms with Crippen molar-refractivity contribution >= 4 is 24.3 Å². The summed E-state index contributed by atoms with van der Waals surface area (Å²) in [6.45, 7) is 0. The number of nitrogen functional groups attached to an aromatic ring is 1. The van der Waals surface area contributed by atoms with Gasteiger partial charge in [-0.2, -0.15) is 0 Å². The van der Waals surface area contributed by atoms with Crippen molar-refractivity contribution in [1.29, 1.82) is 0 Å². The van der Waals surface area contributed by atoms with E-state index in [0.29, 0.717) is 17.7 Å². The molecule has 0 amide bonds. The maximum Gasteiger partial charge on any atom is 0.335 e. The highest BCUT2D eigenvalue weighted by Gasteiger charge is 2.04. The Morgan fingerprint density at radius 1 is 1.17 bits per heavy atom. The average molecular weight is 259 g/mol. The van der Waals surface area contributed by atoms with E-state index in [1.54, 1.807) is 24.3 Å². The van der Waals surface area contributed by atoms with Crippen LogP contribution in [0.3, 0.4) is 0 Å². The van der Waals surface area contributed by atoms with E-state index < -0.39 is 5.97 Å². The highest BCUT2D eigenvalue weighted by Crippen LogP contribution is 2.20. The topological polar surface area (TPSA) is 63.3 Å². The van der Waals surface area contributed by atoms with Crippen LogP contribution in [0.1, 0.15) is 21.5 Å². The monoisotopic (exact) mass is 259 g/mol. The summed E-state index contributed by atoms with van der Waals surface area (Å²) in [7, 11) is 0. The average Bonchev–Trinajstić information content (AvgIpc) is 2.34. The van der Waals surface area contributed by atoms with Crippen LogP contribution in [0.4, 0.5) is 5.69 Å². The first kappa shape index (κ1) is 12.5. The summed E-state index contributed by atoms with van der Waals surface area (Å²) in [6.07, 6.45) is 0.662. The van der Waals surface area contributed by atoms with Crippen molar-refractivity contribution in [3.63, 3.8) is 0 Å². The van der Waals surface area contributed by atoms with Crippen LogP contribution in [0.5, 0.6) is 0 Å². The third kappa shape index (κ3) is 2.84. The molecular weight excluding hydrogens is 246 g/mol. The van der Waals surface area contributed by atoms with Gasteiger partial charge in [0.05, 0.1) is 5.56 Å². The van der Waals surface area contributed by atoms with E-state index >= 15 is 0 Å². The van der Waals surface area contributed by atoms with E-state index in [4.69, 9.17) is 10.8 Å². The van der Waals surface area contributed by atoms with Gasteiger partial charge in [0.2, 0.25) is 0 Å². The molecule has 0 aliphatic carbocycles. The van der Waals surface area contributed by atoms with Gasteiger partial charge < -0.3 is 10.8 Å². The molecule has 0 radical (unpaired) electrons. The molecule has 0 fully saturated rings. The van der Waals surface area contributed by atoms with Crippen LogP contribution in [0, 0.1) is 0 Å². The zero-order chi connectivity index (χ0) is 13.1. The molecule has 0 unspecified atom stereocenters. The number of anilines is 1. The second-order valence-corrected chi connectivity index (χ2v) is 4.56. The van der Waals surface area contributed by atoms with Crippen molar-refractivity contribution in [2.45, 2.75) is 11.3 Å². The Morgan fingerprint density at radius 2 is 1.89 bits per heavy atom. The summed E-state index contributed by atoms with van der Waals surface area (Å²) >= 11 is 4.27. The van der Waals surface area contributed by atoms with Crippen LogP contribution in [0.2, 0.25) is 0 Å². The second-order valence-electron chi connectivity index (χ2n) is 4.08. The van der Waals surface area contributed by atoms with Crippen molar-refractivity contribution in [3.8, 4) is 0 Å². The Morgan fingerprint density at radius 3 is 2.56 bits per heavy atom. The predicted molar refractivity (Wildman–Crippen MR) is 74.3 cm³/mol. The number of carbonyl (C=O) groups is 1. The minimum atomic E-state index is -0.913. The predicted octanol–water partition coefficient (Wildman–Crippen LogP) is 2.85. The third-order valence-electron chi connectivity index (χ3n) is 2.68. The second kappa shape index (κ2) is 5.14. The lowest BCUT2D eigenvalue weighted by Gasteiger charge is -2.05. The molecule has 0 bridgehead atoms. The molecule has 3 N–H and O–H groups in total. The van der Waals surface area contributed by atoms with E-state index in [9.17, 15) is 4.79 Å². The van der Waals surface area contributed by atoms with Crippen LogP contribution >= 0.6 is 12.6 Å². The van der Waals surface area contributed by atoms with Gasteiger partial charge in [-0.1, -0.05) is 18.2 Å². The number of hydrogen-bond donors (Lipinski definition) is 3. The van der Waals surface area contributed by atoms with E-state index in [1.165, 1.54) is 0 Å². The fourth-order valence-corrected chi connectivity index (χ4v) is 1.99. The number of carboxylic acids is 1. The van der Waals surface area contributed by atoms with Gasteiger partial charge in [0, 0.05) is 10.6 Å². The van der Waals surface area contributed by atoms with Crippen molar-refractivity contribution in [2.75, 3.05) is 5.73 Å². The molecule has 0 aliphatic heterocycles. The lowest BCUT2D eigenvalue weighted by molar-refractivity contribution is 0.0697. The van der Waals surface area contributed by atoms with Gasteiger partial charge in [-0.3, -0.25) is 0 Å². The SMILES string of the molecule is Nc1ccc(Cc2cccc(C(=O)O)c2)cc1S. The molecule has 0 heterocycles. The van der Waals surface area contributed by atoms with Gasteiger partial charge in [-0.15, -0.1) is 12.6 Å². The molecule has 2 rings (SSSR count). The minimum absolute atomic E-state index is 0.300. The third-order valence-corrected chi connectivity index (χ3v) is 3.06. The Bertz CT molecular complexity index is 596. The van der Waals surface area contributed by atoms with Crippen molar-refractivity contribution in [3.05, 3.63) is 59.2 Å². The summed E-state index contributed by atoms with van der Waals surface area (Å²) < 4.78 is 0. The summed E-state index contributed by atoms with van der Waals surface area (Å²) in [6, 6.07) is 12.5. The fourth-order valence-electron chi connectivity index (χ4n) is 1.75. The van der Waals surface area contributed by atoms with E-state index in [1.807, 2.05) is 18.2 Å². The number of hydrogen-bond acceptors (Lipinski definition) is 3. The number of benzene rings is 2. The van der Waals surface area contributed by atoms with Crippen LogP contribution < -0.4 is 5.73 Å². The number of thiol groups is 1. The molecule has 0 spiro atoms. The van der Waals surface area contributed by atoms with E-state index in [-0.39, 0.29) is 0 Å². The van der Waals surface area contributed by atoms with Crippen LogP contribution in [0.15, 0.2) is 47.4 Å². The fraction of sp³-hybridized carbons (Fsp3) is 0.0714. The first-order valence-corrected chi connectivity index (χ1v) is 5.90. The summed E-state index contributed by atoms with van der Waals surface area (Å²) in [5, 5.41) is 8.93. The van der Waals surface area contributed by atoms with Crippen LogP contribution in [-0.4, -0.2) is 11.1 Å². The number of nitrogens with two attached hydrogens (primary N) is 1. The molecule has 3 nitrogen and oxygen atoms in total. The van der Waals surface area contributed by atoms with Gasteiger partial charge in [0.15, 0.2) is 0 Å². The van der Waals surface area contributed by atoms with Crippen LogP contribution in [0.25, 0.3) is 0 Å².